The van der Waals surface area contributed by atoms with Gasteiger partial charge in [0.25, 0.3) is 5.91 Å². The fourth-order valence-corrected chi connectivity index (χ4v) is 4.93. The van der Waals surface area contributed by atoms with Crippen LogP contribution < -0.4 is 5.32 Å². The molecule has 3 aliphatic rings. The summed E-state index contributed by atoms with van der Waals surface area (Å²) in [6.45, 7) is 3.47. The van der Waals surface area contributed by atoms with Crippen LogP contribution in [0, 0.1) is 5.82 Å². The highest BCUT2D eigenvalue weighted by Crippen LogP contribution is 2.53. The van der Waals surface area contributed by atoms with Crippen LogP contribution in [0.15, 0.2) is 18.2 Å². The number of piperidine rings is 1. The molecule has 1 aromatic rings. The van der Waals surface area contributed by atoms with Crippen molar-refractivity contribution >= 4 is 11.8 Å². The van der Waals surface area contributed by atoms with Crippen molar-refractivity contribution in [1.82, 2.24) is 10.2 Å². The molecule has 1 heterocycles. The standard InChI is InChI=1S/C21H26F2N2O2/c1-2-24-18(26)11-14-13-20(17-12-15(22)3-4-16(14)17)7-9-25(10-8-20)19(27)21(23)5-6-21/h3-4,12,14H,2,5-11,13H2,1H3,(H,24,26)/t14-/m0/s1. The van der Waals surface area contributed by atoms with Crippen LogP contribution in [0.3, 0.4) is 0 Å². The van der Waals surface area contributed by atoms with Gasteiger partial charge in [0.05, 0.1) is 0 Å². The molecule has 146 valence electrons. The lowest BCUT2D eigenvalue weighted by atomic mass is 9.73. The summed E-state index contributed by atoms with van der Waals surface area (Å²) in [7, 11) is 0. The van der Waals surface area contributed by atoms with E-state index in [1.807, 2.05) is 13.0 Å². The third-order valence-corrected chi connectivity index (χ3v) is 6.55. The zero-order valence-corrected chi connectivity index (χ0v) is 15.7. The molecule has 27 heavy (non-hydrogen) atoms. The Morgan fingerprint density at radius 1 is 1.22 bits per heavy atom. The number of fused-ring (bicyclic) bond motifs is 2. The first-order chi connectivity index (χ1) is 12.9. The zero-order chi connectivity index (χ0) is 19.2. The molecule has 0 bridgehead atoms. The Hall–Kier alpha value is -1.98. The first-order valence-electron chi connectivity index (χ1n) is 9.92. The predicted molar refractivity (Wildman–Crippen MR) is 97.6 cm³/mol. The molecule has 2 fully saturated rings. The smallest absolute Gasteiger partial charge is 0.260 e. The Balaban J connectivity index is 1.54. The molecule has 1 spiro atoms. The maximum atomic E-state index is 14.1. The van der Waals surface area contributed by atoms with Crippen molar-refractivity contribution in [3.63, 3.8) is 0 Å². The molecule has 1 aliphatic heterocycles. The van der Waals surface area contributed by atoms with Gasteiger partial charge in [0.1, 0.15) is 5.82 Å². The van der Waals surface area contributed by atoms with Gasteiger partial charge in [-0.1, -0.05) is 6.07 Å². The highest BCUT2D eigenvalue weighted by molar-refractivity contribution is 5.88. The number of carbonyl (C=O) groups is 2. The molecule has 6 heteroatoms. The summed E-state index contributed by atoms with van der Waals surface area (Å²) < 4.78 is 28.1. The van der Waals surface area contributed by atoms with E-state index in [9.17, 15) is 18.4 Å². The van der Waals surface area contributed by atoms with Crippen molar-refractivity contribution in [2.75, 3.05) is 19.6 Å². The summed E-state index contributed by atoms with van der Waals surface area (Å²) >= 11 is 0. The quantitative estimate of drug-likeness (QED) is 0.877. The van der Waals surface area contributed by atoms with Crippen LogP contribution in [-0.4, -0.2) is 42.0 Å². The Morgan fingerprint density at radius 3 is 2.56 bits per heavy atom. The number of likely N-dealkylation sites (tertiary alicyclic amines) is 1. The number of nitrogens with one attached hydrogen (secondary N) is 1. The normalized spacial score (nSPS) is 24.6. The summed E-state index contributed by atoms with van der Waals surface area (Å²) in [5, 5.41) is 2.84. The van der Waals surface area contributed by atoms with E-state index < -0.39 is 5.67 Å². The lowest BCUT2D eigenvalue weighted by Gasteiger charge is -2.41. The van der Waals surface area contributed by atoms with Crippen LogP contribution >= 0.6 is 0 Å². The number of nitrogens with zero attached hydrogens (tertiary/aromatic N) is 1. The molecule has 1 N–H and O–H groups in total. The van der Waals surface area contributed by atoms with E-state index in [-0.39, 0.29) is 29.0 Å². The first-order valence-corrected chi connectivity index (χ1v) is 9.92. The van der Waals surface area contributed by atoms with Crippen LogP contribution in [0.5, 0.6) is 0 Å². The lowest BCUT2D eigenvalue weighted by Crippen LogP contribution is -2.47. The number of halogens is 2. The van der Waals surface area contributed by atoms with Gasteiger partial charge in [-0.3, -0.25) is 9.59 Å². The zero-order valence-electron chi connectivity index (χ0n) is 15.7. The van der Waals surface area contributed by atoms with Gasteiger partial charge in [-0.05, 0) is 73.6 Å². The summed E-state index contributed by atoms with van der Waals surface area (Å²) in [6, 6.07) is 4.87. The molecule has 1 aromatic carbocycles. The van der Waals surface area contributed by atoms with Gasteiger partial charge in [0, 0.05) is 26.1 Å². The number of benzene rings is 1. The number of carbonyl (C=O) groups excluding carboxylic acids is 2. The number of alkyl halides is 1. The number of hydrogen-bond donors (Lipinski definition) is 1. The van der Waals surface area contributed by atoms with E-state index in [4.69, 9.17) is 0 Å². The summed E-state index contributed by atoms with van der Waals surface area (Å²) in [4.78, 5) is 26.1. The van der Waals surface area contributed by atoms with Gasteiger partial charge in [-0.15, -0.1) is 0 Å². The molecule has 0 unspecified atom stereocenters. The van der Waals surface area contributed by atoms with Crippen LogP contribution in [0.2, 0.25) is 0 Å². The van der Waals surface area contributed by atoms with Gasteiger partial charge in [-0.2, -0.15) is 0 Å². The third-order valence-electron chi connectivity index (χ3n) is 6.55. The van der Waals surface area contributed by atoms with Gasteiger partial charge in [0.15, 0.2) is 5.67 Å². The number of hydrogen-bond acceptors (Lipinski definition) is 2. The third kappa shape index (κ3) is 3.23. The highest BCUT2D eigenvalue weighted by Gasteiger charge is 2.54. The molecule has 1 saturated carbocycles. The number of rotatable bonds is 4. The minimum absolute atomic E-state index is 0.00976. The van der Waals surface area contributed by atoms with Gasteiger partial charge in [0.2, 0.25) is 5.91 Å². The van der Waals surface area contributed by atoms with E-state index in [1.165, 1.54) is 6.07 Å². The molecular weight excluding hydrogens is 350 g/mol. The van der Waals surface area contributed by atoms with Crippen LogP contribution in [0.4, 0.5) is 8.78 Å². The van der Waals surface area contributed by atoms with Gasteiger partial charge >= 0.3 is 0 Å². The second-order valence-electron chi connectivity index (χ2n) is 8.33. The van der Waals surface area contributed by atoms with Crippen molar-refractivity contribution in [3.05, 3.63) is 35.1 Å². The average molecular weight is 376 g/mol. The second-order valence-corrected chi connectivity index (χ2v) is 8.33. The number of amides is 2. The monoisotopic (exact) mass is 376 g/mol. The molecule has 1 atom stereocenters. The van der Waals surface area contributed by atoms with Crippen molar-refractivity contribution < 1.29 is 18.4 Å². The van der Waals surface area contributed by atoms with Crippen molar-refractivity contribution in [3.8, 4) is 0 Å². The molecular formula is C21H26F2N2O2. The van der Waals surface area contributed by atoms with E-state index in [2.05, 4.69) is 5.32 Å². The molecule has 0 radical (unpaired) electrons. The Labute approximate surface area is 158 Å². The van der Waals surface area contributed by atoms with Crippen LogP contribution in [-0.2, 0) is 15.0 Å². The molecule has 0 aromatic heterocycles. The molecule has 2 aliphatic carbocycles. The molecule has 1 saturated heterocycles. The SMILES string of the molecule is CCNC(=O)C[C@H]1CC2(CCN(C(=O)C3(F)CC3)CC2)c2cc(F)ccc21. The van der Waals surface area contributed by atoms with E-state index in [1.54, 1.807) is 11.0 Å². The minimum Gasteiger partial charge on any atom is -0.356 e. The predicted octanol–water partition coefficient (Wildman–Crippen LogP) is 3.20. The molecule has 4 rings (SSSR count). The fraction of sp³-hybridized carbons (Fsp3) is 0.619. The van der Waals surface area contributed by atoms with E-state index in [0.717, 1.165) is 17.5 Å². The summed E-state index contributed by atoms with van der Waals surface area (Å²) in [5.74, 6) is -0.583. The Bertz CT molecular complexity index is 767. The van der Waals surface area contributed by atoms with Crippen molar-refractivity contribution in [2.45, 2.75) is 62.5 Å². The molecule has 4 nitrogen and oxygen atoms in total. The van der Waals surface area contributed by atoms with Crippen LogP contribution in [0.1, 0.15) is 62.5 Å². The summed E-state index contributed by atoms with van der Waals surface area (Å²) in [6.07, 6.45) is 3.22. The minimum atomic E-state index is -1.63. The Morgan fingerprint density at radius 2 is 1.93 bits per heavy atom. The van der Waals surface area contributed by atoms with E-state index >= 15 is 0 Å². The fourth-order valence-electron chi connectivity index (χ4n) is 4.93. The second kappa shape index (κ2) is 6.57. The van der Waals surface area contributed by atoms with Crippen molar-refractivity contribution in [1.29, 1.82) is 0 Å². The van der Waals surface area contributed by atoms with Crippen molar-refractivity contribution in [2.24, 2.45) is 0 Å². The highest BCUT2D eigenvalue weighted by atomic mass is 19.1. The van der Waals surface area contributed by atoms with Gasteiger partial charge < -0.3 is 10.2 Å². The van der Waals surface area contributed by atoms with Crippen LogP contribution in [0.25, 0.3) is 0 Å². The Kier molecular flexibility index (Phi) is 4.47. The average Bonchev–Trinajstić information content (AvgIpc) is 3.34. The maximum Gasteiger partial charge on any atom is 0.260 e. The van der Waals surface area contributed by atoms with E-state index in [0.29, 0.717) is 51.7 Å². The first kappa shape index (κ1) is 18.4. The maximum absolute atomic E-state index is 14.1. The topological polar surface area (TPSA) is 49.4 Å². The lowest BCUT2D eigenvalue weighted by molar-refractivity contribution is -0.139. The summed E-state index contributed by atoms with van der Waals surface area (Å²) in [5.41, 5.74) is 0.167. The molecule has 2 amide bonds. The van der Waals surface area contributed by atoms with Gasteiger partial charge in [-0.25, -0.2) is 8.78 Å². The largest absolute Gasteiger partial charge is 0.356 e.